The number of rotatable bonds is 8. The molecule has 0 spiro atoms. The fraction of sp³-hybridized carbons (Fsp3) is 0.200. The summed E-state index contributed by atoms with van der Waals surface area (Å²) >= 11 is 0. The maximum atomic E-state index is 12.5. The molecule has 2 amide bonds. The van der Waals surface area contributed by atoms with Crippen molar-refractivity contribution in [3.05, 3.63) is 78.6 Å². The van der Waals surface area contributed by atoms with Gasteiger partial charge in [-0.25, -0.2) is 4.79 Å². The van der Waals surface area contributed by atoms with Gasteiger partial charge in [-0.15, -0.1) is 0 Å². The van der Waals surface area contributed by atoms with E-state index < -0.39 is 0 Å². The Bertz CT molecular complexity index is 1210. The summed E-state index contributed by atoms with van der Waals surface area (Å²) in [7, 11) is 0. The molecule has 0 aliphatic carbocycles. The van der Waals surface area contributed by atoms with E-state index in [1.54, 1.807) is 17.1 Å². The van der Waals surface area contributed by atoms with Crippen LogP contribution in [0.5, 0.6) is 11.5 Å². The van der Waals surface area contributed by atoms with Gasteiger partial charge in [0.05, 0.1) is 37.3 Å². The van der Waals surface area contributed by atoms with Crippen molar-refractivity contribution in [2.45, 2.75) is 20.4 Å². The summed E-state index contributed by atoms with van der Waals surface area (Å²) in [5, 5.41) is 12.2. The van der Waals surface area contributed by atoms with Crippen LogP contribution in [0.3, 0.4) is 0 Å². The number of ether oxygens (including phenoxy) is 2. The Morgan fingerprint density at radius 2 is 1.72 bits per heavy atom. The Hall–Kier alpha value is -4.00. The van der Waals surface area contributed by atoms with Crippen molar-refractivity contribution in [3.8, 4) is 11.5 Å². The highest BCUT2D eigenvalue weighted by atomic mass is 16.5. The number of urea groups is 1. The summed E-state index contributed by atoms with van der Waals surface area (Å²) in [6.07, 6.45) is 3.42. The lowest BCUT2D eigenvalue weighted by Crippen LogP contribution is -2.19. The van der Waals surface area contributed by atoms with E-state index in [1.165, 1.54) is 0 Å². The number of benzene rings is 3. The summed E-state index contributed by atoms with van der Waals surface area (Å²) in [4.78, 5) is 12.5. The van der Waals surface area contributed by atoms with Crippen molar-refractivity contribution in [1.29, 1.82) is 0 Å². The normalized spacial score (nSPS) is 10.7. The minimum atomic E-state index is -0.319. The average molecular weight is 431 g/mol. The van der Waals surface area contributed by atoms with Crippen molar-refractivity contribution in [1.82, 2.24) is 9.78 Å². The Morgan fingerprint density at radius 3 is 2.56 bits per heavy atom. The fourth-order valence-electron chi connectivity index (χ4n) is 3.51. The second-order valence-electron chi connectivity index (χ2n) is 7.18. The predicted octanol–water partition coefficient (Wildman–Crippen LogP) is 5.53. The monoisotopic (exact) mass is 430 g/mol. The summed E-state index contributed by atoms with van der Waals surface area (Å²) in [5.41, 5.74) is 2.39. The second kappa shape index (κ2) is 9.87. The molecule has 3 aromatic carbocycles. The van der Waals surface area contributed by atoms with Gasteiger partial charge >= 0.3 is 6.03 Å². The quantitative estimate of drug-likeness (QED) is 0.386. The lowest BCUT2D eigenvalue weighted by Gasteiger charge is -2.12. The molecule has 4 rings (SSSR count). The molecular formula is C25H26N4O3. The van der Waals surface area contributed by atoms with Gasteiger partial charge in [-0.1, -0.05) is 42.5 Å². The fourth-order valence-corrected chi connectivity index (χ4v) is 3.51. The third-order valence-electron chi connectivity index (χ3n) is 4.88. The molecular weight excluding hydrogens is 404 g/mol. The van der Waals surface area contributed by atoms with Crippen LogP contribution < -0.4 is 20.1 Å². The van der Waals surface area contributed by atoms with Gasteiger partial charge in [0.1, 0.15) is 0 Å². The minimum Gasteiger partial charge on any atom is -0.490 e. The van der Waals surface area contributed by atoms with E-state index in [2.05, 4.69) is 15.7 Å². The smallest absolute Gasteiger partial charge is 0.323 e. The van der Waals surface area contributed by atoms with Crippen LogP contribution in [0, 0.1) is 0 Å². The molecule has 0 radical (unpaired) electrons. The van der Waals surface area contributed by atoms with Crippen LogP contribution in [0.2, 0.25) is 0 Å². The third-order valence-corrected chi connectivity index (χ3v) is 4.88. The number of nitrogens with zero attached hydrogens (tertiary/aromatic N) is 2. The highest BCUT2D eigenvalue weighted by molar-refractivity contribution is 6.06. The average Bonchev–Trinajstić information content (AvgIpc) is 3.22. The Kier molecular flexibility index (Phi) is 6.55. The lowest BCUT2D eigenvalue weighted by atomic mass is 10.1. The molecule has 32 heavy (non-hydrogen) atoms. The van der Waals surface area contributed by atoms with Crippen LogP contribution >= 0.6 is 0 Å². The van der Waals surface area contributed by atoms with Gasteiger partial charge in [-0.2, -0.15) is 5.10 Å². The molecule has 4 aromatic rings. The second-order valence-corrected chi connectivity index (χ2v) is 7.18. The SMILES string of the molecule is CCOc1ccc(Cn2cc(NC(=O)Nc3cccc4ccccc34)cn2)cc1OCC. The van der Waals surface area contributed by atoms with Crippen LogP contribution in [0.4, 0.5) is 16.2 Å². The molecule has 1 heterocycles. The van der Waals surface area contributed by atoms with Crippen molar-refractivity contribution in [2.24, 2.45) is 0 Å². The van der Waals surface area contributed by atoms with E-state index in [0.717, 1.165) is 27.8 Å². The van der Waals surface area contributed by atoms with Crippen molar-refractivity contribution in [3.63, 3.8) is 0 Å². The van der Waals surface area contributed by atoms with Crippen LogP contribution in [-0.2, 0) is 6.54 Å². The number of nitrogens with one attached hydrogen (secondary N) is 2. The van der Waals surface area contributed by atoms with Crippen LogP contribution in [0.25, 0.3) is 10.8 Å². The minimum absolute atomic E-state index is 0.319. The van der Waals surface area contributed by atoms with Crippen molar-refractivity contribution in [2.75, 3.05) is 23.8 Å². The zero-order chi connectivity index (χ0) is 22.3. The summed E-state index contributed by atoms with van der Waals surface area (Å²) < 4.78 is 13.1. The summed E-state index contributed by atoms with van der Waals surface area (Å²) in [6, 6.07) is 19.3. The number of carbonyl (C=O) groups is 1. The first kappa shape index (κ1) is 21.2. The molecule has 164 valence electrons. The Morgan fingerprint density at radius 1 is 0.938 bits per heavy atom. The number of hydrogen-bond donors (Lipinski definition) is 2. The summed E-state index contributed by atoms with van der Waals surface area (Å²) in [6.45, 7) is 5.56. The topological polar surface area (TPSA) is 77.4 Å². The zero-order valence-electron chi connectivity index (χ0n) is 18.2. The first-order valence-corrected chi connectivity index (χ1v) is 10.6. The van der Waals surface area contributed by atoms with Gasteiger partial charge in [0.25, 0.3) is 0 Å². The molecule has 0 bridgehead atoms. The van der Waals surface area contributed by atoms with Gasteiger partial charge in [0, 0.05) is 11.6 Å². The van der Waals surface area contributed by atoms with Gasteiger partial charge < -0.3 is 20.1 Å². The van der Waals surface area contributed by atoms with E-state index in [-0.39, 0.29) is 6.03 Å². The number of amides is 2. The molecule has 0 aliphatic rings. The lowest BCUT2D eigenvalue weighted by molar-refractivity contribution is 0.262. The van der Waals surface area contributed by atoms with Gasteiger partial charge in [-0.05, 0) is 43.0 Å². The number of aromatic nitrogens is 2. The number of hydrogen-bond acceptors (Lipinski definition) is 4. The van der Waals surface area contributed by atoms with Gasteiger partial charge in [0.15, 0.2) is 11.5 Å². The van der Waals surface area contributed by atoms with Gasteiger partial charge in [0.2, 0.25) is 0 Å². The standard InChI is InChI=1S/C25H26N4O3/c1-3-31-23-13-12-18(14-24(23)32-4-2)16-29-17-20(15-26-29)27-25(30)28-22-11-7-9-19-8-5-6-10-21(19)22/h5-15,17H,3-4,16H2,1-2H3,(H2,27,28,30). The molecule has 0 aliphatic heterocycles. The molecule has 0 saturated carbocycles. The highest BCUT2D eigenvalue weighted by Crippen LogP contribution is 2.29. The van der Waals surface area contributed by atoms with E-state index in [9.17, 15) is 4.79 Å². The molecule has 1 aromatic heterocycles. The molecule has 7 nitrogen and oxygen atoms in total. The van der Waals surface area contributed by atoms with Gasteiger partial charge in [-0.3, -0.25) is 4.68 Å². The van der Waals surface area contributed by atoms with E-state index in [1.807, 2.05) is 74.5 Å². The maximum Gasteiger partial charge on any atom is 0.323 e. The number of carbonyl (C=O) groups excluding carboxylic acids is 1. The first-order chi connectivity index (χ1) is 15.7. The molecule has 0 fully saturated rings. The largest absolute Gasteiger partial charge is 0.490 e. The number of fused-ring (bicyclic) bond motifs is 1. The predicted molar refractivity (Wildman–Crippen MR) is 127 cm³/mol. The van der Waals surface area contributed by atoms with E-state index in [0.29, 0.717) is 31.2 Å². The summed E-state index contributed by atoms with van der Waals surface area (Å²) in [5.74, 6) is 1.44. The number of anilines is 2. The molecule has 7 heteroatoms. The van der Waals surface area contributed by atoms with Crippen molar-refractivity contribution >= 4 is 28.2 Å². The maximum absolute atomic E-state index is 12.5. The molecule has 0 atom stereocenters. The van der Waals surface area contributed by atoms with Crippen molar-refractivity contribution < 1.29 is 14.3 Å². The molecule has 0 unspecified atom stereocenters. The van der Waals surface area contributed by atoms with E-state index >= 15 is 0 Å². The van der Waals surface area contributed by atoms with Crippen LogP contribution in [0.15, 0.2) is 73.1 Å². The van der Waals surface area contributed by atoms with E-state index in [4.69, 9.17) is 9.47 Å². The zero-order valence-corrected chi connectivity index (χ0v) is 18.2. The van der Waals surface area contributed by atoms with Crippen LogP contribution in [0.1, 0.15) is 19.4 Å². The molecule has 0 saturated heterocycles. The Labute approximate surface area is 187 Å². The molecule has 2 N–H and O–H groups in total. The third kappa shape index (κ3) is 5.00. The van der Waals surface area contributed by atoms with Crippen LogP contribution in [-0.4, -0.2) is 29.0 Å². The highest BCUT2D eigenvalue weighted by Gasteiger charge is 2.10. The Balaban J connectivity index is 1.41. The first-order valence-electron chi connectivity index (χ1n) is 10.6.